The standard InChI is InChI=1S/C19H18ClFN4/c1-24-6-8-25(9-7-24)19-16-10-13(2-5-18(16)22-12-23-19)15-4-3-14(21)11-17(15)20/h2-5,10-12H,6-9H2,1H3. The van der Waals surface area contributed by atoms with Crippen LogP contribution >= 0.6 is 11.6 Å². The van der Waals surface area contributed by atoms with E-state index in [4.69, 9.17) is 11.6 Å². The summed E-state index contributed by atoms with van der Waals surface area (Å²) in [6, 6.07) is 10.4. The monoisotopic (exact) mass is 356 g/mol. The molecule has 4 nitrogen and oxygen atoms in total. The minimum absolute atomic E-state index is 0.337. The second-order valence-corrected chi connectivity index (χ2v) is 6.75. The van der Waals surface area contributed by atoms with Crippen LogP contribution in [0.25, 0.3) is 22.0 Å². The second-order valence-electron chi connectivity index (χ2n) is 6.34. The van der Waals surface area contributed by atoms with Crippen LogP contribution in [0.3, 0.4) is 0 Å². The maximum atomic E-state index is 13.3. The van der Waals surface area contributed by atoms with Gasteiger partial charge in [0.15, 0.2) is 0 Å². The van der Waals surface area contributed by atoms with E-state index < -0.39 is 0 Å². The first kappa shape index (κ1) is 16.2. The van der Waals surface area contributed by atoms with Crippen LogP contribution < -0.4 is 4.90 Å². The van der Waals surface area contributed by atoms with Gasteiger partial charge in [-0.3, -0.25) is 0 Å². The Hall–Kier alpha value is -2.24. The first-order valence-electron chi connectivity index (χ1n) is 8.25. The quantitative estimate of drug-likeness (QED) is 0.698. The Labute approximate surface area is 150 Å². The molecule has 0 saturated carbocycles. The molecule has 2 aromatic carbocycles. The van der Waals surface area contributed by atoms with E-state index in [1.165, 1.54) is 12.1 Å². The molecule has 1 aliphatic rings. The Morgan fingerprint density at radius 2 is 1.80 bits per heavy atom. The van der Waals surface area contributed by atoms with E-state index in [0.717, 1.165) is 54.0 Å². The summed E-state index contributed by atoms with van der Waals surface area (Å²) in [7, 11) is 2.13. The Bertz CT molecular complexity index is 922. The number of likely N-dealkylation sites (N-methyl/N-ethyl adjacent to an activating group) is 1. The number of nitrogens with zero attached hydrogens (tertiary/aromatic N) is 4. The van der Waals surface area contributed by atoms with Crippen LogP contribution in [0, 0.1) is 5.82 Å². The molecule has 1 saturated heterocycles. The largest absolute Gasteiger partial charge is 0.353 e. The van der Waals surface area contributed by atoms with Gasteiger partial charge in [0.1, 0.15) is 18.0 Å². The van der Waals surface area contributed by atoms with Crippen LogP contribution in [0.15, 0.2) is 42.7 Å². The Morgan fingerprint density at radius 3 is 2.56 bits per heavy atom. The number of benzene rings is 2. The van der Waals surface area contributed by atoms with E-state index in [-0.39, 0.29) is 5.82 Å². The van der Waals surface area contributed by atoms with E-state index in [1.807, 2.05) is 18.2 Å². The SMILES string of the molecule is CN1CCN(c2ncnc3ccc(-c4ccc(F)cc4Cl)cc23)CC1. The van der Waals surface area contributed by atoms with Crippen molar-refractivity contribution in [3.05, 3.63) is 53.6 Å². The van der Waals surface area contributed by atoms with Crippen molar-refractivity contribution in [2.24, 2.45) is 0 Å². The van der Waals surface area contributed by atoms with Crippen LogP contribution in [-0.2, 0) is 0 Å². The van der Waals surface area contributed by atoms with Crippen LogP contribution in [-0.4, -0.2) is 48.1 Å². The molecule has 0 radical (unpaired) electrons. The van der Waals surface area contributed by atoms with Gasteiger partial charge in [-0.1, -0.05) is 17.7 Å². The van der Waals surface area contributed by atoms with Gasteiger partial charge in [-0.15, -0.1) is 0 Å². The number of halogens is 2. The van der Waals surface area contributed by atoms with Crippen LogP contribution in [0.4, 0.5) is 10.2 Å². The first-order valence-corrected chi connectivity index (χ1v) is 8.63. The number of hydrogen-bond donors (Lipinski definition) is 0. The molecule has 2 heterocycles. The zero-order valence-electron chi connectivity index (χ0n) is 13.9. The van der Waals surface area contributed by atoms with Crippen molar-refractivity contribution in [3.8, 4) is 11.1 Å². The van der Waals surface area contributed by atoms with E-state index in [0.29, 0.717) is 5.02 Å². The molecule has 1 aromatic heterocycles. The summed E-state index contributed by atoms with van der Waals surface area (Å²) in [6.45, 7) is 3.89. The van der Waals surface area contributed by atoms with Gasteiger partial charge in [-0.25, -0.2) is 14.4 Å². The summed E-state index contributed by atoms with van der Waals surface area (Å²) < 4.78 is 13.3. The normalized spacial score (nSPS) is 15.7. The lowest BCUT2D eigenvalue weighted by molar-refractivity contribution is 0.312. The second kappa shape index (κ2) is 6.58. The number of hydrogen-bond acceptors (Lipinski definition) is 4. The zero-order chi connectivity index (χ0) is 17.4. The van der Waals surface area contributed by atoms with Gasteiger partial charge < -0.3 is 9.80 Å². The van der Waals surface area contributed by atoms with E-state index in [2.05, 4.69) is 26.8 Å². The molecule has 25 heavy (non-hydrogen) atoms. The lowest BCUT2D eigenvalue weighted by Crippen LogP contribution is -2.44. The number of rotatable bonds is 2. The molecule has 0 unspecified atom stereocenters. The van der Waals surface area contributed by atoms with Crippen molar-refractivity contribution in [1.29, 1.82) is 0 Å². The molecular formula is C19H18ClFN4. The van der Waals surface area contributed by atoms with E-state index in [1.54, 1.807) is 12.4 Å². The van der Waals surface area contributed by atoms with E-state index >= 15 is 0 Å². The molecule has 0 amide bonds. The Morgan fingerprint density at radius 1 is 1.00 bits per heavy atom. The maximum Gasteiger partial charge on any atom is 0.139 e. The molecule has 0 atom stereocenters. The molecule has 1 aliphatic heterocycles. The molecule has 4 rings (SSSR count). The molecule has 0 N–H and O–H groups in total. The third-order valence-corrected chi connectivity index (χ3v) is 4.97. The van der Waals surface area contributed by atoms with Gasteiger partial charge in [-0.2, -0.15) is 0 Å². The Balaban J connectivity index is 1.80. The number of fused-ring (bicyclic) bond motifs is 1. The minimum atomic E-state index is -0.337. The fourth-order valence-corrected chi connectivity index (χ4v) is 3.48. The average Bonchev–Trinajstić information content (AvgIpc) is 2.62. The van der Waals surface area contributed by atoms with Gasteiger partial charge in [-0.05, 0) is 42.9 Å². The fraction of sp³-hybridized carbons (Fsp3) is 0.263. The summed E-state index contributed by atoms with van der Waals surface area (Å²) in [4.78, 5) is 13.5. The van der Waals surface area contributed by atoms with Gasteiger partial charge in [0, 0.05) is 37.1 Å². The molecular weight excluding hydrogens is 339 g/mol. The summed E-state index contributed by atoms with van der Waals surface area (Å²) >= 11 is 6.23. The Kier molecular flexibility index (Phi) is 4.27. The highest BCUT2D eigenvalue weighted by molar-refractivity contribution is 6.33. The number of piperazine rings is 1. The summed E-state index contributed by atoms with van der Waals surface area (Å²) in [5, 5.41) is 1.39. The van der Waals surface area contributed by atoms with Gasteiger partial charge in [0.25, 0.3) is 0 Å². The number of anilines is 1. The topological polar surface area (TPSA) is 32.3 Å². The van der Waals surface area contributed by atoms with Gasteiger partial charge in [0.05, 0.1) is 10.5 Å². The third-order valence-electron chi connectivity index (χ3n) is 4.66. The lowest BCUT2D eigenvalue weighted by atomic mass is 10.0. The smallest absolute Gasteiger partial charge is 0.139 e. The van der Waals surface area contributed by atoms with Crippen molar-refractivity contribution >= 4 is 28.3 Å². The lowest BCUT2D eigenvalue weighted by Gasteiger charge is -2.33. The first-order chi connectivity index (χ1) is 12.1. The predicted molar refractivity (Wildman–Crippen MR) is 99.7 cm³/mol. The average molecular weight is 357 g/mol. The summed E-state index contributed by atoms with van der Waals surface area (Å²) in [5.74, 6) is 0.606. The predicted octanol–water partition coefficient (Wildman–Crippen LogP) is 3.84. The van der Waals surface area contributed by atoms with Crippen molar-refractivity contribution < 1.29 is 4.39 Å². The molecule has 128 valence electrons. The summed E-state index contributed by atoms with van der Waals surface area (Å²) in [5.41, 5.74) is 2.63. The maximum absolute atomic E-state index is 13.3. The molecule has 0 aliphatic carbocycles. The van der Waals surface area contributed by atoms with Crippen molar-refractivity contribution in [2.75, 3.05) is 38.1 Å². The van der Waals surface area contributed by atoms with Crippen LogP contribution in [0.1, 0.15) is 0 Å². The number of aromatic nitrogens is 2. The van der Waals surface area contributed by atoms with Crippen molar-refractivity contribution in [2.45, 2.75) is 0 Å². The highest BCUT2D eigenvalue weighted by Crippen LogP contribution is 2.33. The fourth-order valence-electron chi connectivity index (χ4n) is 3.20. The van der Waals surface area contributed by atoms with E-state index in [9.17, 15) is 4.39 Å². The van der Waals surface area contributed by atoms with Gasteiger partial charge >= 0.3 is 0 Å². The van der Waals surface area contributed by atoms with Crippen LogP contribution in [0.5, 0.6) is 0 Å². The summed E-state index contributed by atoms with van der Waals surface area (Å²) in [6.07, 6.45) is 1.61. The zero-order valence-corrected chi connectivity index (χ0v) is 14.7. The third kappa shape index (κ3) is 3.17. The molecule has 0 bridgehead atoms. The van der Waals surface area contributed by atoms with Crippen LogP contribution in [0.2, 0.25) is 5.02 Å². The van der Waals surface area contributed by atoms with Crippen molar-refractivity contribution in [1.82, 2.24) is 14.9 Å². The highest BCUT2D eigenvalue weighted by Gasteiger charge is 2.18. The molecule has 1 fully saturated rings. The minimum Gasteiger partial charge on any atom is -0.353 e. The molecule has 0 spiro atoms. The van der Waals surface area contributed by atoms with Gasteiger partial charge in [0.2, 0.25) is 0 Å². The molecule has 6 heteroatoms. The molecule has 3 aromatic rings. The highest BCUT2D eigenvalue weighted by atomic mass is 35.5. The van der Waals surface area contributed by atoms with Crippen molar-refractivity contribution in [3.63, 3.8) is 0 Å².